The van der Waals surface area contributed by atoms with Gasteiger partial charge in [-0.2, -0.15) is 0 Å². The second-order valence-electron chi connectivity index (χ2n) is 8.27. The van der Waals surface area contributed by atoms with Gasteiger partial charge in [-0.25, -0.2) is 0 Å². The molecule has 0 bridgehead atoms. The van der Waals surface area contributed by atoms with Gasteiger partial charge in [0.1, 0.15) is 0 Å². The highest BCUT2D eigenvalue weighted by Crippen LogP contribution is 2.52. The van der Waals surface area contributed by atoms with Gasteiger partial charge in [-0.05, 0) is 56.8 Å². The molecule has 0 aromatic rings. The van der Waals surface area contributed by atoms with Crippen molar-refractivity contribution >= 4 is 5.91 Å². The predicted molar refractivity (Wildman–Crippen MR) is 107 cm³/mol. The number of rotatable bonds is 2. The average Bonchev–Trinajstić information content (AvgIpc) is 2.75. The first-order chi connectivity index (χ1) is 11.8. The van der Waals surface area contributed by atoms with Crippen molar-refractivity contribution in [2.24, 2.45) is 17.1 Å². The molecule has 2 nitrogen and oxygen atoms in total. The summed E-state index contributed by atoms with van der Waals surface area (Å²) in [5.41, 5.74) is 11.8. The predicted octanol–water partition coefficient (Wildman–Crippen LogP) is 6.23. The van der Waals surface area contributed by atoms with Crippen molar-refractivity contribution in [3.05, 3.63) is 34.4 Å². The van der Waals surface area contributed by atoms with Crippen molar-refractivity contribution < 1.29 is 4.79 Å². The van der Waals surface area contributed by atoms with Crippen LogP contribution in [-0.4, -0.2) is 5.91 Å². The van der Waals surface area contributed by atoms with Gasteiger partial charge >= 0.3 is 0 Å². The number of hydrogen-bond acceptors (Lipinski definition) is 1. The highest BCUT2D eigenvalue weighted by molar-refractivity contribution is 5.89. The summed E-state index contributed by atoms with van der Waals surface area (Å²) >= 11 is 0. The van der Waals surface area contributed by atoms with E-state index in [0.29, 0.717) is 0 Å². The maximum Gasteiger partial charge on any atom is 0.231 e. The monoisotopic (exact) mass is 343 g/mol. The lowest BCUT2D eigenvalue weighted by molar-refractivity contribution is -0.124. The average molecular weight is 344 g/mol. The van der Waals surface area contributed by atoms with E-state index >= 15 is 0 Å². The smallest absolute Gasteiger partial charge is 0.231 e. The van der Waals surface area contributed by atoms with Gasteiger partial charge in [0.05, 0.1) is 5.41 Å². The number of carbonyl (C=O) groups excluding carboxylic acids is 1. The molecule has 2 rings (SSSR count). The number of allylic oxidation sites excluding steroid dienone is 3. The normalized spacial score (nSPS) is 30.2. The molecule has 140 valence electrons. The Morgan fingerprint density at radius 3 is 1.96 bits per heavy atom. The standard InChI is InChI=1S/C23H37NO/c1-16-14-12-10-8-6-7-9-11-13-15-23(16,22(24)25)21-19(4)17(2)18(3)20(21)5/h19H,1,6-15H2,2-5H3,(H2,24,25). The minimum Gasteiger partial charge on any atom is -0.369 e. The SMILES string of the molecule is C=C1CCCCCCCCCCC1(C(N)=O)C1=C(C)C(C)=C(C)C1C. The third-order valence-electron chi connectivity index (χ3n) is 6.90. The second-order valence-corrected chi connectivity index (χ2v) is 8.27. The van der Waals surface area contributed by atoms with E-state index in [4.69, 9.17) is 5.73 Å². The van der Waals surface area contributed by atoms with E-state index in [1.54, 1.807) is 0 Å². The second kappa shape index (κ2) is 8.38. The maximum atomic E-state index is 12.9. The van der Waals surface area contributed by atoms with Crippen LogP contribution in [0.3, 0.4) is 0 Å². The molecule has 0 heterocycles. The zero-order valence-electron chi connectivity index (χ0n) is 16.8. The van der Waals surface area contributed by atoms with Crippen molar-refractivity contribution in [3.63, 3.8) is 0 Å². The number of hydrogen-bond donors (Lipinski definition) is 1. The van der Waals surface area contributed by atoms with Gasteiger partial charge in [0, 0.05) is 5.92 Å². The van der Waals surface area contributed by atoms with Crippen LogP contribution in [0.1, 0.15) is 91.9 Å². The quantitative estimate of drug-likeness (QED) is 0.593. The van der Waals surface area contributed by atoms with E-state index < -0.39 is 5.41 Å². The summed E-state index contributed by atoms with van der Waals surface area (Å²) in [5.74, 6) is 0.107. The zero-order chi connectivity index (χ0) is 18.6. The molecule has 2 unspecified atom stereocenters. The molecule has 0 spiro atoms. The lowest BCUT2D eigenvalue weighted by atomic mass is 9.64. The Balaban J connectivity index is 2.45. The number of primary amides is 1. The van der Waals surface area contributed by atoms with E-state index in [1.165, 1.54) is 60.8 Å². The number of nitrogens with two attached hydrogens (primary N) is 1. The first kappa shape index (κ1) is 20.0. The molecule has 25 heavy (non-hydrogen) atoms. The summed E-state index contributed by atoms with van der Waals surface area (Å²) in [4.78, 5) is 12.9. The first-order valence-electron chi connectivity index (χ1n) is 10.2. The molecule has 0 aromatic carbocycles. The molecule has 2 heteroatoms. The van der Waals surface area contributed by atoms with Crippen LogP contribution in [0.15, 0.2) is 34.4 Å². The number of amides is 1. The Kier molecular flexibility index (Phi) is 6.71. The Hall–Kier alpha value is -1.31. The molecule has 1 amide bonds. The summed E-state index contributed by atoms with van der Waals surface area (Å²) in [7, 11) is 0. The van der Waals surface area contributed by atoms with Gasteiger partial charge in [0.2, 0.25) is 5.91 Å². The first-order valence-corrected chi connectivity index (χ1v) is 10.2. The van der Waals surface area contributed by atoms with Crippen molar-refractivity contribution in [1.82, 2.24) is 0 Å². The Morgan fingerprint density at radius 2 is 1.48 bits per heavy atom. The lowest BCUT2D eigenvalue weighted by Gasteiger charge is -2.38. The summed E-state index contributed by atoms with van der Waals surface area (Å²) in [6.45, 7) is 13.2. The zero-order valence-corrected chi connectivity index (χ0v) is 16.8. The Bertz CT molecular complexity index is 595. The van der Waals surface area contributed by atoms with E-state index in [2.05, 4.69) is 34.3 Å². The molecule has 0 aliphatic heterocycles. The van der Waals surface area contributed by atoms with Gasteiger partial charge in [0.15, 0.2) is 0 Å². The van der Waals surface area contributed by atoms with Crippen LogP contribution in [0.25, 0.3) is 0 Å². The van der Waals surface area contributed by atoms with Crippen LogP contribution in [-0.2, 0) is 4.79 Å². The van der Waals surface area contributed by atoms with Gasteiger partial charge < -0.3 is 5.73 Å². The van der Waals surface area contributed by atoms with Crippen LogP contribution < -0.4 is 5.73 Å². The summed E-state index contributed by atoms with van der Waals surface area (Å²) in [6.07, 6.45) is 11.6. The Morgan fingerprint density at radius 1 is 0.960 bits per heavy atom. The summed E-state index contributed by atoms with van der Waals surface area (Å²) in [6, 6.07) is 0. The Labute approximate surface area is 154 Å². The fraction of sp³-hybridized carbons (Fsp3) is 0.696. The molecular formula is C23H37NO. The fourth-order valence-corrected chi connectivity index (χ4v) is 4.99. The molecular weight excluding hydrogens is 306 g/mol. The molecule has 2 aliphatic rings. The molecule has 2 atom stereocenters. The maximum absolute atomic E-state index is 12.9. The minimum atomic E-state index is -0.651. The molecule has 0 saturated heterocycles. The van der Waals surface area contributed by atoms with E-state index in [1.807, 2.05) is 0 Å². The largest absolute Gasteiger partial charge is 0.369 e. The van der Waals surface area contributed by atoms with Crippen LogP contribution in [0.5, 0.6) is 0 Å². The molecule has 1 saturated carbocycles. The molecule has 0 radical (unpaired) electrons. The topological polar surface area (TPSA) is 43.1 Å². The molecule has 2 aliphatic carbocycles. The van der Waals surface area contributed by atoms with E-state index in [9.17, 15) is 4.79 Å². The molecule has 1 fully saturated rings. The van der Waals surface area contributed by atoms with Gasteiger partial charge in [0.25, 0.3) is 0 Å². The summed E-state index contributed by atoms with van der Waals surface area (Å²) in [5, 5.41) is 0. The van der Waals surface area contributed by atoms with Crippen LogP contribution in [0.4, 0.5) is 0 Å². The molecule has 0 aromatic heterocycles. The van der Waals surface area contributed by atoms with Crippen LogP contribution in [0, 0.1) is 11.3 Å². The van der Waals surface area contributed by atoms with Gasteiger partial charge in [-0.15, -0.1) is 0 Å². The van der Waals surface area contributed by atoms with Crippen LogP contribution >= 0.6 is 0 Å². The van der Waals surface area contributed by atoms with Crippen molar-refractivity contribution in [1.29, 1.82) is 0 Å². The van der Waals surface area contributed by atoms with Gasteiger partial charge in [-0.3, -0.25) is 4.79 Å². The van der Waals surface area contributed by atoms with Crippen LogP contribution in [0.2, 0.25) is 0 Å². The minimum absolute atomic E-state index is 0.182. The number of carbonyl (C=O) groups is 1. The third kappa shape index (κ3) is 3.78. The highest BCUT2D eigenvalue weighted by atomic mass is 16.1. The summed E-state index contributed by atoms with van der Waals surface area (Å²) < 4.78 is 0. The lowest BCUT2D eigenvalue weighted by Crippen LogP contribution is -2.42. The van der Waals surface area contributed by atoms with Crippen molar-refractivity contribution in [3.8, 4) is 0 Å². The molecule has 2 N–H and O–H groups in total. The highest BCUT2D eigenvalue weighted by Gasteiger charge is 2.47. The van der Waals surface area contributed by atoms with E-state index in [0.717, 1.165) is 31.3 Å². The fourth-order valence-electron chi connectivity index (χ4n) is 4.99. The van der Waals surface area contributed by atoms with Gasteiger partial charge in [-0.1, -0.05) is 69.6 Å². The van der Waals surface area contributed by atoms with Crippen molar-refractivity contribution in [2.75, 3.05) is 0 Å². The third-order valence-corrected chi connectivity index (χ3v) is 6.90. The van der Waals surface area contributed by atoms with Crippen molar-refractivity contribution in [2.45, 2.75) is 91.9 Å². The van der Waals surface area contributed by atoms with E-state index in [-0.39, 0.29) is 11.8 Å².